The molecule has 2 aromatic carbocycles. The fourth-order valence-electron chi connectivity index (χ4n) is 3.68. The molecule has 0 aliphatic heterocycles. The van der Waals surface area contributed by atoms with Gasteiger partial charge in [-0.1, -0.05) is 17.3 Å². The van der Waals surface area contributed by atoms with Crippen molar-refractivity contribution in [3.63, 3.8) is 0 Å². The number of fused-ring (bicyclic) bond motifs is 1. The van der Waals surface area contributed by atoms with Gasteiger partial charge in [0.25, 0.3) is 11.8 Å². The van der Waals surface area contributed by atoms with E-state index in [-0.39, 0.29) is 38.0 Å². The highest BCUT2D eigenvalue weighted by atomic mass is 19.1. The minimum Gasteiger partial charge on any atom is -0.489 e. The number of amides is 2. The molecule has 0 fully saturated rings. The van der Waals surface area contributed by atoms with Gasteiger partial charge in [-0.2, -0.15) is 0 Å². The molecular formula is C25H28FN7O4. The van der Waals surface area contributed by atoms with Crippen LogP contribution in [-0.2, 0) is 18.3 Å². The first-order chi connectivity index (χ1) is 18.0. The van der Waals surface area contributed by atoms with Crippen molar-refractivity contribution in [1.82, 2.24) is 35.2 Å². The maximum Gasteiger partial charge on any atom is 0.273 e. The Morgan fingerprint density at radius 2 is 1.89 bits per heavy atom. The number of imidazole rings is 1. The van der Waals surface area contributed by atoms with Crippen LogP contribution in [0.3, 0.4) is 0 Å². The molecule has 0 saturated carbocycles. The van der Waals surface area contributed by atoms with Crippen molar-refractivity contribution in [2.45, 2.75) is 13.5 Å². The highest BCUT2D eigenvalue weighted by Gasteiger charge is 2.17. The average Bonchev–Trinajstić information content (AvgIpc) is 3.52. The summed E-state index contributed by atoms with van der Waals surface area (Å²) in [7, 11) is 1.89. The molecule has 37 heavy (non-hydrogen) atoms. The van der Waals surface area contributed by atoms with Crippen molar-refractivity contribution in [1.29, 1.82) is 0 Å². The molecular weight excluding hydrogens is 481 g/mol. The first-order valence-corrected chi connectivity index (χ1v) is 11.8. The van der Waals surface area contributed by atoms with Crippen molar-refractivity contribution < 1.29 is 23.5 Å². The van der Waals surface area contributed by atoms with E-state index in [0.29, 0.717) is 29.4 Å². The first-order valence-electron chi connectivity index (χ1n) is 11.8. The predicted molar refractivity (Wildman–Crippen MR) is 134 cm³/mol. The zero-order valence-corrected chi connectivity index (χ0v) is 20.6. The molecule has 2 N–H and O–H groups in total. The minimum atomic E-state index is -0.585. The lowest BCUT2D eigenvalue weighted by Gasteiger charge is -2.13. The van der Waals surface area contributed by atoms with Gasteiger partial charge in [-0.3, -0.25) is 9.59 Å². The van der Waals surface area contributed by atoms with E-state index < -0.39 is 12.6 Å². The predicted octanol–water partition coefficient (Wildman–Crippen LogP) is 2.20. The van der Waals surface area contributed by atoms with Gasteiger partial charge >= 0.3 is 0 Å². The maximum atomic E-state index is 12.8. The number of carbonyl (C=O) groups excluding carboxylic acids is 2. The molecule has 0 radical (unpaired) electrons. The smallest absolute Gasteiger partial charge is 0.273 e. The summed E-state index contributed by atoms with van der Waals surface area (Å²) in [5, 5.41) is 13.6. The van der Waals surface area contributed by atoms with E-state index in [2.05, 4.69) is 25.9 Å². The lowest BCUT2D eigenvalue weighted by Crippen LogP contribution is -2.24. The number of aromatic nitrogens is 5. The molecule has 0 saturated heterocycles. The molecule has 12 heteroatoms. The fraction of sp³-hybridized carbons (Fsp3) is 0.320. The number of para-hydroxylation sites is 2. The topological polar surface area (TPSA) is 125 Å². The van der Waals surface area contributed by atoms with E-state index in [1.54, 1.807) is 18.2 Å². The molecule has 4 aromatic rings. The highest BCUT2D eigenvalue weighted by molar-refractivity contribution is 5.95. The van der Waals surface area contributed by atoms with E-state index in [0.717, 1.165) is 11.0 Å². The van der Waals surface area contributed by atoms with Gasteiger partial charge in [0.05, 0.1) is 37.0 Å². The van der Waals surface area contributed by atoms with Crippen LogP contribution in [0.25, 0.3) is 16.7 Å². The van der Waals surface area contributed by atoms with Crippen LogP contribution in [-0.4, -0.2) is 69.4 Å². The Bertz CT molecular complexity index is 1380. The van der Waals surface area contributed by atoms with Gasteiger partial charge in [0.2, 0.25) is 0 Å². The van der Waals surface area contributed by atoms with Crippen LogP contribution in [0.4, 0.5) is 4.39 Å². The third-order valence-corrected chi connectivity index (χ3v) is 5.53. The highest BCUT2D eigenvalue weighted by Crippen LogP contribution is 2.24. The van der Waals surface area contributed by atoms with Crippen LogP contribution in [0, 0.1) is 0 Å². The summed E-state index contributed by atoms with van der Waals surface area (Å²) in [5.74, 6) is 0.366. The standard InChI is InChI=1S/C25H28FN7O4/c1-3-27-24(34)17-8-9-21(22(14-17)37-13-12-36-11-10-26)33-16-19(30-31-33)25(35)28-15-23-29-18-6-4-5-7-20(18)32(23)2/h4-9,14,16H,3,10-13,15H2,1-2H3,(H,27,34)(H,28,35). The van der Waals surface area contributed by atoms with Crippen molar-refractivity contribution in [2.24, 2.45) is 7.05 Å². The number of benzene rings is 2. The van der Waals surface area contributed by atoms with Crippen molar-refractivity contribution in [3.8, 4) is 11.4 Å². The lowest BCUT2D eigenvalue weighted by molar-refractivity contribution is 0.0894. The molecule has 0 bridgehead atoms. The Kier molecular flexibility index (Phi) is 8.41. The SMILES string of the molecule is CCNC(=O)c1ccc(-n2cc(C(=O)NCc3nc4ccccc4n3C)nn2)c(OCCOCCF)c1. The Morgan fingerprint density at radius 3 is 2.68 bits per heavy atom. The molecule has 2 amide bonds. The molecule has 4 rings (SSSR count). The summed E-state index contributed by atoms with van der Waals surface area (Å²) in [4.78, 5) is 29.6. The van der Waals surface area contributed by atoms with E-state index >= 15 is 0 Å². The molecule has 11 nitrogen and oxygen atoms in total. The number of halogens is 1. The summed E-state index contributed by atoms with van der Waals surface area (Å²) in [6, 6.07) is 12.6. The second kappa shape index (κ2) is 12.1. The van der Waals surface area contributed by atoms with E-state index in [9.17, 15) is 14.0 Å². The quantitative estimate of drug-likeness (QED) is 0.281. The van der Waals surface area contributed by atoms with Gasteiger partial charge in [0, 0.05) is 19.2 Å². The number of ether oxygens (including phenoxy) is 2. The van der Waals surface area contributed by atoms with Gasteiger partial charge in [0.1, 0.15) is 30.5 Å². The number of nitrogens with zero attached hydrogens (tertiary/aromatic N) is 5. The Morgan fingerprint density at radius 1 is 1.05 bits per heavy atom. The van der Waals surface area contributed by atoms with Gasteiger partial charge < -0.3 is 24.7 Å². The number of carbonyl (C=O) groups is 2. The second-order valence-corrected chi connectivity index (χ2v) is 8.00. The summed E-state index contributed by atoms with van der Waals surface area (Å²) >= 11 is 0. The number of hydrogen-bond acceptors (Lipinski definition) is 7. The molecule has 0 atom stereocenters. The number of hydrogen-bond donors (Lipinski definition) is 2. The maximum absolute atomic E-state index is 12.8. The molecule has 0 unspecified atom stereocenters. The Hall–Kier alpha value is -4.32. The molecule has 0 aliphatic carbocycles. The first kappa shape index (κ1) is 25.8. The third-order valence-electron chi connectivity index (χ3n) is 5.53. The van der Waals surface area contributed by atoms with Crippen LogP contribution in [0.2, 0.25) is 0 Å². The van der Waals surface area contributed by atoms with Crippen LogP contribution in [0.15, 0.2) is 48.7 Å². The zero-order valence-electron chi connectivity index (χ0n) is 20.6. The summed E-state index contributed by atoms with van der Waals surface area (Å²) in [5.41, 5.74) is 2.78. The van der Waals surface area contributed by atoms with Crippen molar-refractivity contribution in [3.05, 3.63) is 65.7 Å². The van der Waals surface area contributed by atoms with Crippen molar-refractivity contribution in [2.75, 3.05) is 33.0 Å². The molecule has 0 aliphatic rings. The largest absolute Gasteiger partial charge is 0.489 e. The normalized spacial score (nSPS) is 11.0. The van der Waals surface area contributed by atoms with E-state index in [1.165, 1.54) is 10.9 Å². The summed E-state index contributed by atoms with van der Waals surface area (Å²) in [6.07, 6.45) is 1.47. The van der Waals surface area contributed by atoms with Gasteiger partial charge in [-0.25, -0.2) is 14.1 Å². The number of rotatable bonds is 12. The molecule has 194 valence electrons. The molecule has 0 spiro atoms. The number of nitrogens with one attached hydrogen (secondary N) is 2. The Balaban J connectivity index is 1.49. The second-order valence-electron chi connectivity index (χ2n) is 8.00. The van der Waals surface area contributed by atoms with Crippen LogP contribution in [0.5, 0.6) is 5.75 Å². The summed E-state index contributed by atoms with van der Waals surface area (Å²) in [6.45, 7) is 2.20. The van der Waals surface area contributed by atoms with Gasteiger partial charge in [0.15, 0.2) is 5.69 Å². The summed E-state index contributed by atoms with van der Waals surface area (Å²) < 4.78 is 26.5. The Labute approximate surface area is 212 Å². The van der Waals surface area contributed by atoms with Gasteiger partial charge in [-0.05, 0) is 37.3 Å². The third kappa shape index (κ3) is 6.09. The van der Waals surface area contributed by atoms with Gasteiger partial charge in [-0.15, -0.1) is 5.10 Å². The van der Waals surface area contributed by atoms with E-state index in [4.69, 9.17) is 9.47 Å². The average molecular weight is 510 g/mol. The van der Waals surface area contributed by atoms with E-state index in [1.807, 2.05) is 42.8 Å². The monoisotopic (exact) mass is 509 g/mol. The van der Waals surface area contributed by atoms with Crippen LogP contribution >= 0.6 is 0 Å². The van der Waals surface area contributed by atoms with Crippen LogP contribution < -0.4 is 15.4 Å². The fourth-order valence-corrected chi connectivity index (χ4v) is 3.68. The molecule has 2 heterocycles. The van der Waals surface area contributed by atoms with Crippen molar-refractivity contribution >= 4 is 22.8 Å². The van der Waals surface area contributed by atoms with Crippen LogP contribution in [0.1, 0.15) is 33.6 Å². The number of alkyl halides is 1. The minimum absolute atomic E-state index is 0.0228. The lowest BCUT2D eigenvalue weighted by atomic mass is 10.1. The molecule has 2 aromatic heterocycles. The zero-order chi connectivity index (χ0) is 26.2. The number of aryl methyl sites for hydroxylation is 1.